The molecule has 3 N–H and O–H groups in total. The van der Waals surface area contributed by atoms with Crippen LogP contribution in [0.1, 0.15) is 15.9 Å². The number of aromatic nitrogens is 4. The highest BCUT2D eigenvalue weighted by molar-refractivity contribution is 6.31. The summed E-state index contributed by atoms with van der Waals surface area (Å²) in [6.45, 7) is -0.0560. The van der Waals surface area contributed by atoms with Gasteiger partial charge in [-0.05, 0) is 23.8 Å². The van der Waals surface area contributed by atoms with Gasteiger partial charge in [0.25, 0.3) is 11.5 Å². The number of rotatable bonds is 4. The monoisotopic (exact) mass is 395 g/mol. The van der Waals surface area contributed by atoms with E-state index in [1.807, 2.05) is 18.2 Å². The Kier molecular flexibility index (Phi) is 4.54. The number of halogens is 1. The summed E-state index contributed by atoms with van der Waals surface area (Å²) in [5, 5.41) is 2.97. The Morgan fingerprint density at radius 3 is 2.64 bits per heavy atom. The van der Waals surface area contributed by atoms with E-state index in [-0.39, 0.29) is 18.1 Å². The first kappa shape index (κ1) is 17.7. The summed E-state index contributed by atoms with van der Waals surface area (Å²) in [7, 11) is 0. The molecule has 0 spiro atoms. The van der Waals surface area contributed by atoms with E-state index < -0.39 is 17.2 Å². The summed E-state index contributed by atoms with van der Waals surface area (Å²) in [5.74, 6) is -0.484. The Hall–Kier alpha value is -3.65. The van der Waals surface area contributed by atoms with Crippen LogP contribution in [-0.4, -0.2) is 25.4 Å². The van der Waals surface area contributed by atoms with Crippen molar-refractivity contribution in [2.24, 2.45) is 0 Å². The van der Waals surface area contributed by atoms with Crippen LogP contribution in [0.3, 0.4) is 0 Å². The summed E-state index contributed by atoms with van der Waals surface area (Å²) in [5.41, 5.74) is 0.437. The number of imidazole rings is 1. The van der Waals surface area contributed by atoms with Crippen LogP contribution < -0.4 is 16.6 Å². The SMILES string of the molecule is O=C(Nc1nc2ccccc2[nH]1)c1c[nH]c(=O)n(Cc2ccccc2Cl)c1=O. The van der Waals surface area contributed by atoms with E-state index in [9.17, 15) is 14.4 Å². The highest BCUT2D eigenvalue weighted by Crippen LogP contribution is 2.15. The number of aromatic amines is 2. The van der Waals surface area contributed by atoms with E-state index in [4.69, 9.17) is 11.6 Å². The van der Waals surface area contributed by atoms with Gasteiger partial charge in [0, 0.05) is 11.2 Å². The van der Waals surface area contributed by atoms with Crippen LogP contribution in [0, 0.1) is 0 Å². The zero-order chi connectivity index (χ0) is 19.7. The predicted octanol–water partition coefficient (Wildman–Crippen LogP) is 2.37. The number of anilines is 1. The first-order valence-electron chi connectivity index (χ1n) is 8.35. The standard InChI is InChI=1S/C19H14ClN5O3/c20-13-6-2-1-5-11(13)10-25-17(27)12(9-21-19(25)28)16(26)24-18-22-14-7-3-4-8-15(14)23-18/h1-9H,10H2,(H,21,28)(H2,22,23,24,26). The molecule has 0 aliphatic carbocycles. The molecule has 2 heterocycles. The van der Waals surface area contributed by atoms with Crippen LogP contribution in [0.5, 0.6) is 0 Å². The number of nitrogens with zero attached hydrogens (tertiary/aromatic N) is 2. The quantitative estimate of drug-likeness (QED) is 0.492. The van der Waals surface area contributed by atoms with E-state index in [0.717, 1.165) is 16.3 Å². The molecular formula is C19H14ClN5O3. The second-order valence-corrected chi connectivity index (χ2v) is 6.45. The summed E-state index contributed by atoms with van der Waals surface area (Å²) < 4.78 is 0.925. The number of H-pyrrole nitrogens is 2. The molecule has 0 unspecified atom stereocenters. The highest BCUT2D eigenvalue weighted by Gasteiger charge is 2.17. The van der Waals surface area contributed by atoms with Crippen LogP contribution in [0.2, 0.25) is 5.02 Å². The van der Waals surface area contributed by atoms with E-state index in [2.05, 4.69) is 20.3 Å². The maximum absolute atomic E-state index is 12.7. The molecule has 0 bridgehead atoms. The zero-order valence-electron chi connectivity index (χ0n) is 14.4. The Morgan fingerprint density at radius 1 is 1.11 bits per heavy atom. The van der Waals surface area contributed by atoms with Crippen LogP contribution >= 0.6 is 11.6 Å². The van der Waals surface area contributed by atoms with Crippen molar-refractivity contribution >= 4 is 34.5 Å². The lowest BCUT2D eigenvalue weighted by molar-refractivity contribution is 0.102. The Labute approximate surface area is 162 Å². The number of carbonyl (C=O) groups excluding carboxylic acids is 1. The smallest absolute Gasteiger partial charge is 0.324 e. The molecule has 0 saturated carbocycles. The lowest BCUT2D eigenvalue weighted by Gasteiger charge is -2.08. The van der Waals surface area contributed by atoms with E-state index in [1.54, 1.807) is 30.3 Å². The van der Waals surface area contributed by atoms with Gasteiger partial charge in [0.15, 0.2) is 0 Å². The lowest BCUT2D eigenvalue weighted by atomic mass is 10.2. The van der Waals surface area contributed by atoms with Gasteiger partial charge in [0.2, 0.25) is 5.95 Å². The molecular weight excluding hydrogens is 382 g/mol. The molecule has 140 valence electrons. The molecule has 0 fully saturated rings. The zero-order valence-corrected chi connectivity index (χ0v) is 15.2. The van der Waals surface area contributed by atoms with Crippen molar-refractivity contribution in [3.8, 4) is 0 Å². The second kappa shape index (κ2) is 7.16. The second-order valence-electron chi connectivity index (χ2n) is 6.05. The fraction of sp³-hybridized carbons (Fsp3) is 0.0526. The molecule has 9 heteroatoms. The summed E-state index contributed by atoms with van der Waals surface area (Å²) in [4.78, 5) is 47.0. The Morgan fingerprint density at radius 2 is 1.86 bits per heavy atom. The fourth-order valence-electron chi connectivity index (χ4n) is 2.80. The molecule has 4 aromatic rings. The Bertz CT molecular complexity index is 1270. The van der Waals surface area contributed by atoms with Crippen molar-refractivity contribution < 1.29 is 4.79 Å². The third-order valence-electron chi connectivity index (χ3n) is 4.21. The average Bonchev–Trinajstić information content (AvgIpc) is 3.08. The molecule has 28 heavy (non-hydrogen) atoms. The highest BCUT2D eigenvalue weighted by atomic mass is 35.5. The van der Waals surface area contributed by atoms with Gasteiger partial charge in [-0.25, -0.2) is 9.78 Å². The van der Waals surface area contributed by atoms with E-state index in [1.165, 1.54) is 0 Å². The third kappa shape index (κ3) is 3.33. The topological polar surface area (TPSA) is 113 Å². The number of hydrogen-bond donors (Lipinski definition) is 3. The number of amides is 1. The van der Waals surface area contributed by atoms with E-state index in [0.29, 0.717) is 16.1 Å². The molecule has 0 radical (unpaired) electrons. The van der Waals surface area contributed by atoms with Gasteiger partial charge in [0.05, 0.1) is 17.6 Å². The van der Waals surface area contributed by atoms with Crippen molar-refractivity contribution in [2.45, 2.75) is 6.54 Å². The summed E-state index contributed by atoms with van der Waals surface area (Å²) in [6, 6.07) is 14.1. The molecule has 8 nitrogen and oxygen atoms in total. The van der Waals surface area contributed by atoms with Gasteiger partial charge in [-0.2, -0.15) is 0 Å². The van der Waals surface area contributed by atoms with Gasteiger partial charge >= 0.3 is 5.69 Å². The first-order chi connectivity index (χ1) is 13.5. The maximum atomic E-state index is 12.7. The number of fused-ring (bicyclic) bond motifs is 1. The molecule has 2 aromatic heterocycles. The van der Waals surface area contributed by atoms with Crippen molar-refractivity contribution in [1.29, 1.82) is 0 Å². The van der Waals surface area contributed by atoms with Crippen molar-refractivity contribution in [3.63, 3.8) is 0 Å². The first-order valence-corrected chi connectivity index (χ1v) is 8.73. The van der Waals surface area contributed by atoms with Crippen molar-refractivity contribution in [1.82, 2.24) is 19.5 Å². The normalized spacial score (nSPS) is 10.9. The van der Waals surface area contributed by atoms with Crippen LogP contribution in [-0.2, 0) is 6.54 Å². The molecule has 0 atom stereocenters. The number of nitrogens with one attached hydrogen (secondary N) is 3. The minimum atomic E-state index is -0.725. The number of carbonyl (C=O) groups is 1. The minimum Gasteiger partial charge on any atom is -0.324 e. The maximum Gasteiger partial charge on any atom is 0.328 e. The molecule has 0 aliphatic rings. The van der Waals surface area contributed by atoms with Gasteiger partial charge < -0.3 is 9.97 Å². The van der Waals surface area contributed by atoms with Crippen LogP contribution in [0.4, 0.5) is 5.95 Å². The lowest BCUT2D eigenvalue weighted by Crippen LogP contribution is -2.39. The Balaban J connectivity index is 1.66. The summed E-state index contributed by atoms with van der Waals surface area (Å²) >= 11 is 6.11. The predicted molar refractivity (Wildman–Crippen MR) is 106 cm³/mol. The van der Waals surface area contributed by atoms with Gasteiger partial charge in [-0.3, -0.25) is 19.5 Å². The van der Waals surface area contributed by atoms with Crippen molar-refractivity contribution in [2.75, 3.05) is 5.32 Å². The number of hydrogen-bond acceptors (Lipinski definition) is 4. The number of para-hydroxylation sites is 2. The molecule has 2 aromatic carbocycles. The van der Waals surface area contributed by atoms with Crippen molar-refractivity contribution in [3.05, 3.63) is 91.7 Å². The number of benzene rings is 2. The van der Waals surface area contributed by atoms with Gasteiger partial charge in [-0.1, -0.05) is 41.9 Å². The average molecular weight is 396 g/mol. The molecule has 4 rings (SSSR count). The minimum absolute atomic E-state index is 0.0560. The van der Waals surface area contributed by atoms with Crippen LogP contribution in [0.25, 0.3) is 11.0 Å². The summed E-state index contributed by atoms with van der Waals surface area (Å²) in [6.07, 6.45) is 1.09. The van der Waals surface area contributed by atoms with E-state index >= 15 is 0 Å². The molecule has 1 amide bonds. The largest absolute Gasteiger partial charge is 0.328 e. The molecule has 0 aliphatic heterocycles. The van der Waals surface area contributed by atoms with Gasteiger partial charge in [-0.15, -0.1) is 0 Å². The fourth-order valence-corrected chi connectivity index (χ4v) is 3.00. The third-order valence-corrected chi connectivity index (χ3v) is 4.58. The van der Waals surface area contributed by atoms with Gasteiger partial charge in [0.1, 0.15) is 5.56 Å². The van der Waals surface area contributed by atoms with Crippen LogP contribution in [0.15, 0.2) is 64.3 Å². The molecule has 0 saturated heterocycles.